The Kier molecular flexibility index (Phi) is 4.28. The molecule has 0 spiro atoms. The molecule has 16 heavy (non-hydrogen) atoms. The number of ether oxygens (including phenoxy) is 1. The van der Waals surface area contributed by atoms with Gasteiger partial charge in [-0.2, -0.15) is 0 Å². The van der Waals surface area contributed by atoms with E-state index in [4.69, 9.17) is 5.73 Å². The van der Waals surface area contributed by atoms with E-state index in [0.717, 1.165) is 12.8 Å². The van der Waals surface area contributed by atoms with Crippen molar-refractivity contribution in [3.63, 3.8) is 0 Å². The van der Waals surface area contributed by atoms with Gasteiger partial charge in [0, 0.05) is 5.92 Å². The first-order valence-corrected chi connectivity index (χ1v) is 5.30. The van der Waals surface area contributed by atoms with Crippen LogP contribution in [-0.4, -0.2) is 30.4 Å². The summed E-state index contributed by atoms with van der Waals surface area (Å²) in [6.07, 6.45) is 1.45. The molecule has 0 aromatic rings. The highest BCUT2D eigenvalue weighted by Gasteiger charge is 2.32. The summed E-state index contributed by atoms with van der Waals surface area (Å²) in [5, 5.41) is 2.45. The maximum atomic E-state index is 11.4. The first-order valence-electron chi connectivity index (χ1n) is 5.30. The number of hydrogen-bond donors (Lipinski definition) is 2. The summed E-state index contributed by atoms with van der Waals surface area (Å²) in [5.74, 6) is -1.50. The molecule has 0 aromatic carbocycles. The molecule has 0 aromatic heterocycles. The van der Waals surface area contributed by atoms with Crippen molar-refractivity contribution in [2.75, 3.05) is 6.61 Å². The molecule has 0 bridgehead atoms. The Balaban J connectivity index is 2.43. The van der Waals surface area contributed by atoms with Crippen molar-refractivity contribution in [1.82, 2.24) is 5.32 Å². The zero-order valence-electron chi connectivity index (χ0n) is 9.19. The van der Waals surface area contributed by atoms with Crippen LogP contribution < -0.4 is 11.1 Å². The van der Waals surface area contributed by atoms with Crippen LogP contribution >= 0.6 is 0 Å². The van der Waals surface area contributed by atoms with Gasteiger partial charge in [0.05, 0.1) is 13.0 Å². The van der Waals surface area contributed by atoms with Crippen LogP contribution in [0.15, 0.2) is 0 Å². The molecule has 0 radical (unpaired) electrons. The van der Waals surface area contributed by atoms with E-state index < -0.39 is 17.9 Å². The Hall–Kier alpha value is -1.59. The standard InChI is InChI=1S/C10H16N2O4/c1-2-16-8(13)5-7(9(11)14)12-10(15)6-3-4-6/h6-7H,2-5H2,1H3,(H2,11,14)(H,12,15)/t7-/m1/s1. The molecule has 1 saturated carbocycles. The lowest BCUT2D eigenvalue weighted by atomic mass is 10.2. The Morgan fingerprint density at radius 2 is 2.06 bits per heavy atom. The Labute approximate surface area is 93.5 Å². The van der Waals surface area contributed by atoms with E-state index in [2.05, 4.69) is 10.1 Å². The number of nitrogens with one attached hydrogen (secondary N) is 1. The van der Waals surface area contributed by atoms with Crippen LogP contribution in [-0.2, 0) is 19.1 Å². The van der Waals surface area contributed by atoms with Gasteiger partial charge in [-0.3, -0.25) is 14.4 Å². The van der Waals surface area contributed by atoms with E-state index >= 15 is 0 Å². The number of rotatable bonds is 6. The summed E-state index contributed by atoms with van der Waals surface area (Å²) < 4.78 is 4.68. The average Bonchev–Trinajstić information content (AvgIpc) is 2.99. The SMILES string of the molecule is CCOC(=O)C[C@@H](NC(=O)C1CC1)C(N)=O. The lowest BCUT2D eigenvalue weighted by Gasteiger charge is -2.14. The predicted octanol–water partition coefficient (Wildman–Crippen LogP) is -0.680. The molecule has 0 heterocycles. The molecule has 1 aliphatic rings. The number of carbonyl (C=O) groups excluding carboxylic acids is 3. The third-order valence-corrected chi connectivity index (χ3v) is 2.28. The minimum absolute atomic E-state index is 0.0240. The first kappa shape index (κ1) is 12.5. The summed E-state index contributed by atoms with van der Waals surface area (Å²) >= 11 is 0. The Morgan fingerprint density at radius 1 is 1.44 bits per heavy atom. The highest BCUT2D eigenvalue weighted by atomic mass is 16.5. The van der Waals surface area contributed by atoms with Crippen molar-refractivity contribution in [3.05, 3.63) is 0 Å². The quantitative estimate of drug-likeness (QED) is 0.588. The highest BCUT2D eigenvalue weighted by molar-refractivity contribution is 5.91. The molecule has 1 rings (SSSR count). The maximum Gasteiger partial charge on any atom is 0.308 e. The van der Waals surface area contributed by atoms with E-state index in [-0.39, 0.29) is 24.9 Å². The average molecular weight is 228 g/mol. The minimum atomic E-state index is -0.966. The molecule has 90 valence electrons. The second kappa shape index (κ2) is 5.48. The molecular weight excluding hydrogens is 212 g/mol. The first-order chi connectivity index (χ1) is 7.54. The van der Waals surface area contributed by atoms with Gasteiger partial charge in [-0.25, -0.2) is 0 Å². The van der Waals surface area contributed by atoms with Gasteiger partial charge in [-0.15, -0.1) is 0 Å². The summed E-state index contributed by atoms with van der Waals surface area (Å²) in [6, 6.07) is -0.966. The van der Waals surface area contributed by atoms with Gasteiger partial charge in [-0.1, -0.05) is 0 Å². The summed E-state index contributed by atoms with van der Waals surface area (Å²) in [6.45, 7) is 1.90. The highest BCUT2D eigenvalue weighted by Crippen LogP contribution is 2.28. The zero-order valence-corrected chi connectivity index (χ0v) is 9.19. The van der Waals surface area contributed by atoms with Crippen molar-refractivity contribution >= 4 is 17.8 Å². The monoisotopic (exact) mass is 228 g/mol. The third-order valence-electron chi connectivity index (χ3n) is 2.28. The fourth-order valence-corrected chi connectivity index (χ4v) is 1.24. The normalized spacial score (nSPS) is 16.3. The Morgan fingerprint density at radius 3 is 2.50 bits per heavy atom. The molecule has 2 amide bonds. The molecule has 1 fully saturated rings. The fourth-order valence-electron chi connectivity index (χ4n) is 1.24. The van der Waals surface area contributed by atoms with E-state index in [0.29, 0.717) is 0 Å². The molecular formula is C10H16N2O4. The van der Waals surface area contributed by atoms with Gasteiger partial charge in [0.25, 0.3) is 0 Å². The number of esters is 1. The van der Waals surface area contributed by atoms with Gasteiger partial charge in [0.15, 0.2) is 0 Å². The molecule has 1 aliphatic carbocycles. The van der Waals surface area contributed by atoms with Crippen molar-refractivity contribution < 1.29 is 19.1 Å². The van der Waals surface area contributed by atoms with Crippen LogP contribution in [0.1, 0.15) is 26.2 Å². The van der Waals surface area contributed by atoms with Gasteiger partial charge in [0.1, 0.15) is 6.04 Å². The van der Waals surface area contributed by atoms with Gasteiger partial charge in [0.2, 0.25) is 11.8 Å². The van der Waals surface area contributed by atoms with Crippen molar-refractivity contribution in [2.45, 2.75) is 32.2 Å². The van der Waals surface area contributed by atoms with Crippen molar-refractivity contribution in [1.29, 1.82) is 0 Å². The molecule has 6 nitrogen and oxygen atoms in total. The fraction of sp³-hybridized carbons (Fsp3) is 0.700. The number of nitrogens with two attached hydrogens (primary N) is 1. The second-order valence-electron chi connectivity index (χ2n) is 3.75. The smallest absolute Gasteiger partial charge is 0.308 e. The topological polar surface area (TPSA) is 98.5 Å². The molecule has 0 saturated heterocycles. The number of amides is 2. The second-order valence-corrected chi connectivity index (χ2v) is 3.75. The van der Waals surface area contributed by atoms with Crippen LogP contribution in [0.4, 0.5) is 0 Å². The molecule has 6 heteroatoms. The molecule has 0 aliphatic heterocycles. The van der Waals surface area contributed by atoms with Crippen LogP contribution in [0.2, 0.25) is 0 Å². The summed E-state index contributed by atoms with van der Waals surface area (Å²) in [5.41, 5.74) is 5.09. The number of primary amides is 1. The van der Waals surface area contributed by atoms with Crippen LogP contribution in [0.25, 0.3) is 0 Å². The van der Waals surface area contributed by atoms with Gasteiger partial charge < -0.3 is 15.8 Å². The molecule has 0 unspecified atom stereocenters. The largest absolute Gasteiger partial charge is 0.466 e. The third kappa shape index (κ3) is 3.88. The zero-order chi connectivity index (χ0) is 12.1. The summed E-state index contributed by atoms with van der Waals surface area (Å²) in [4.78, 5) is 33.5. The lowest BCUT2D eigenvalue weighted by Crippen LogP contribution is -2.46. The molecule has 3 N–H and O–H groups in total. The van der Waals surface area contributed by atoms with Crippen molar-refractivity contribution in [2.24, 2.45) is 11.7 Å². The van der Waals surface area contributed by atoms with E-state index in [9.17, 15) is 14.4 Å². The van der Waals surface area contributed by atoms with E-state index in [1.807, 2.05) is 0 Å². The number of carbonyl (C=O) groups is 3. The van der Waals surface area contributed by atoms with E-state index in [1.165, 1.54) is 0 Å². The number of hydrogen-bond acceptors (Lipinski definition) is 4. The van der Waals surface area contributed by atoms with Crippen LogP contribution in [0.5, 0.6) is 0 Å². The lowest BCUT2D eigenvalue weighted by molar-refractivity contribution is -0.145. The van der Waals surface area contributed by atoms with E-state index in [1.54, 1.807) is 6.92 Å². The maximum absolute atomic E-state index is 11.4. The Bertz CT molecular complexity index is 299. The molecule has 1 atom stereocenters. The van der Waals surface area contributed by atoms with Crippen LogP contribution in [0, 0.1) is 5.92 Å². The van der Waals surface area contributed by atoms with Crippen molar-refractivity contribution in [3.8, 4) is 0 Å². The predicted molar refractivity (Wildman–Crippen MR) is 55.1 cm³/mol. The summed E-state index contributed by atoms with van der Waals surface area (Å²) in [7, 11) is 0. The van der Waals surface area contributed by atoms with Gasteiger partial charge in [-0.05, 0) is 19.8 Å². The van der Waals surface area contributed by atoms with Gasteiger partial charge >= 0.3 is 5.97 Å². The minimum Gasteiger partial charge on any atom is -0.466 e. The van der Waals surface area contributed by atoms with Crippen LogP contribution in [0.3, 0.4) is 0 Å².